The van der Waals surface area contributed by atoms with Gasteiger partial charge >= 0.3 is 0 Å². The second-order valence-electron chi connectivity index (χ2n) is 3.38. The Balaban J connectivity index is 0.00000225. The van der Waals surface area contributed by atoms with Crippen molar-refractivity contribution in [3.8, 4) is 0 Å². The van der Waals surface area contributed by atoms with Crippen LogP contribution in [0.4, 0.5) is 0 Å². The van der Waals surface area contributed by atoms with Crippen molar-refractivity contribution in [2.45, 2.75) is 13.8 Å². The zero-order valence-corrected chi connectivity index (χ0v) is 12.4. The molecule has 0 bridgehead atoms. The molecular formula is C12H12O3Zn. The van der Waals surface area contributed by atoms with Gasteiger partial charge in [-0.25, -0.2) is 0 Å². The maximum absolute atomic E-state index is 11.8. The van der Waals surface area contributed by atoms with Gasteiger partial charge in [0.1, 0.15) is 17.5 Å². The number of benzene rings is 1. The van der Waals surface area contributed by atoms with E-state index in [4.69, 9.17) is 0 Å². The summed E-state index contributed by atoms with van der Waals surface area (Å²) in [6, 6.07) is 8.37. The summed E-state index contributed by atoms with van der Waals surface area (Å²) in [5.41, 5.74) is 0.396. The van der Waals surface area contributed by atoms with Crippen LogP contribution in [0.25, 0.3) is 0 Å². The largest absolute Gasteiger partial charge is 0.299 e. The van der Waals surface area contributed by atoms with Crippen molar-refractivity contribution in [3.05, 3.63) is 35.9 Å². The van der Waals surface area contributed by atoms with Crippen LogP contribution >= 0.6 is 0 Å². The number of carbonyl (C=O) groups is 3. The maximum Gasteiger partial charge on any atom is 0.180 e. The summed E-state index contributed by atoms with van der Waals surface area (Å²) < 4.78 is 0. The van der Waals surface area contributed by atoms with Gasteiger partial charge in [-0.3, -0.25) is 14.4 Å². The summed E-state index contributed by atoms with van der Waals surface area (Å²) in [5, 5.41) is 0. The third kappa shape index (κ3) is 3.46. The van der Waals surface area contributed by atoms with E-state index in [9.17, 15) is 14.4 Å². The summed E-state index contributed by atoms with van der Waals surface area (Å²) >= 11 is 0. The molecule has 0 aliphatic heterocycles. The van der Waals surface area contributed by atoms with Gasteiger partial charge in [0.2, 0.25) is 0 Å². The predicted molar refractivity (Wildman–Crippen MR) is 55.6 cm³/mol. The summed E-state index contributed by atoms with van der Waals surface area (Å²) in [6.07, 6.45) is 0. The quantitative estimate of drug-likeness (QED) is 0.474. The molecule has 0 spiro atoms. The fourth-order valence-corrected chi connectivity index (χ4v) is 1.42. The van der Waals surface area contributed by atoms with Crippen LogP contribution in [0, 0.1) is 5.92 Å². The minimum Gasteiger partial charge on any atom is -0.299 e. The van der Waals surface area contributed by atoms with Crippen molar-refractivity contribution in [2.24, 2.45) is 5.92 Å². The van der Waals surface area contributed by atoms with E-state index in [2.05, 4.69) is 0 Å². The normalized spacial score (nSPS) is 9.44. The predicted octanol–water partition coefficient (Wildman–Crippen LogP) is 1.66. The first-order chi connectivity index (χ1) is 7.04. The minimum atomic E-state index is -1.15. The average Bonchev–Trinajstić information content (AvgIpc) is 2.18. The second kappa shape index (κ2) is 6.44. The summed E-state index contributed by atoms with van der Waals surface area (Å²) in [4.78, 5) is 34.1. The molecule has 0 aliphatic rings. The number of ketones is 3. The molecule has 0 unspecified atom stereocenters. The topological polar surface area (TPSA) is 51.2 Å². The number of rotatable bonds is 4. The minimum absolute atomic E-state index is 0. The van der Waals surface area contributed by atoms with Gasteiger partial charge in [0.05, 0.1) is 0 Å². The number of Topliss-reactive ketones (excluding diaryl/α,β-unsaturated/α-hetero) is 3. The van der Waals surface area contributed by atoms with E-state index >= 15 is 0 Å². The van der Waals surface area contributed by atoms with E-state index < -0.39 is 23.3 Å². The van der Waals surface area contributed by atoms with Crippen LogP contribution in [0.15, 0.2) is 30.3 Å². The van der Waals surface area contributed by atoms with Crippen molar-refractivity contribution in [1.29, 1.82) is 0 Å². The number of hydrogen-bond donors (Lipinski definition) is 0. The molecule has 0 radical (unpaired) electrons. The SMILES string of the molecule is CC(=O)C(C(C)=O)C(=O)c1ccccc1.[Zn]. The molecule has 0 saturated heterocycles. The van der Waals surface area contributed by atoms with Crippen LogP contribution in [-0.2, 0) is 29.1 Å². The van der Waals surface area contributed by atoms with Crippen molar-refractivity contribution >= 4 is 17.3 Å². The van der Waals surface area contributed by atoms with Crippen molar-refractivity contribution in [3.63, 3.8) is 0 Å². The molecule has 0 atom stereocenters. The van der Waals surface area contributed by atoms with E-state index in [1.54, 1.807) is 30.3 Å². The summed E-state index contributed by atoms with van der Waals surface area (Å²) in [5.74, 6) is -2.38. The van der Waals surface area contributed by atoms with Crippen molar-refractivity contribution in [1.82, 2.24) is 0 Å². The standard InChI is InChI=1S/C12H12O3.Zn/c1-8(13)11(9(2)14)12(15)10-6-4-3-5-7-10;/h3-7,11H,1-2H3;. The molecule has 0 saturated carbocycles. The molecule has 3 nitrogen and oxygen atoms in total. The average molecular weight is 270 g/mol. The fourth-order valence-electron chi connectivity index (χ4n) is 1.42. The van der Waals surface area contributed by atoms with E-state index in [1.165, 1.54) is 13.8 Å². The maximum atomic E-state index is 11.8. The van der Waals surface area contributed by atoms with Gasteiger partial charge in [-0.05, 0) is 13.8 Å². The summed E-state index contributed by atoms with van der Waals surface area (Å²) in [7, 11) is 0. The van der Waals surface area contributed by atoms with E-state index in [0.717, 1.165) is 0 Å². The Morgan fingerprint density at radius 1 is 0.938 bits per heavy atom. The molecule has 80 valence electrons. The molecular weight excluding hydrogens is 258 g/mol. The van der Waals surface area contributed by atoms with Crippen LogP contribution in [-0.4, -0.2) is 17.3 Å². The molecule has 0 N–H and O–H groups in total. The monoisotopic (exact) mass is 268 g/mol. The second-order valence-corrected chi connectivity index (χ2v) is 3.38. The molecule has 0 amide bonds. The number of hydrogen-bond acceptors (Lipinski definition) is 3. The molecule has 0 aromatic heterocycles. The smallest absolute Gasteiger partial charge is 0.180 e. The van der Waals surface area contributed by atoms with Crippen LogP contribution < -0.4 is 0 Å². The zero-order valence-electron chi connectivity index (χ0n) is 9.40. The first-order valence-electron chi connectivity index (χ1n) is 4.64. The Kier molecular flexibility index (Phi) is 5.98. The Morgan fingerprint density at radius 3 is 1.75 bits per heavy atom. The Morgan fingerprint density at radius 2 is 1.38 bits per heavy atom. The van der Waals surface area contributed by atoms with Gasteiger partial charge in [0, 0.05) is 25.0 Å². The van der Waals surface area contributed by atoms with Gasteiger partial charge in [-0.2, -0.15) is 0 Å². The number of carbonyl (C=O) groups excluding carboxylic acids is 3. The Hall–Kier alpha value is -1.15. The van der Waals surface area contributed by atoms with Crippen LogP contribution in [0.5, 0.6) is 0 Å². The van der Waals surface area contributed by atoms with Crippen LogP contribution in [0.1, 0.15) is 24.2 Å². The molecule has 1 aromatic rings. The first kappa shape index (κ1) is 14.9. The van der Waals surface area contributed by atoms with E-state index in [1.807, 2.05) is 0 Å². The molecule has 0 fully saturated rings. The Bertz CT molecular complexity index is 384. The molecule has 1 rings (SSSR count). The third-order valence-electron chi connectivity index (χ3n) is 2.13. The summed E-state index contributed by atoms with van der Waals surface area (Å²) in [6.45, 7) is 2.51. The molecule has 1 aromatic carbocycles. The van der Waals surface area contributed by atoms with E-state index in [0.29, 0.717) is 5.56 Å². The van der Waals surface area contributed by atoms with Crippen molar-refractivity contribution in [2.75, 3.05) is 0 Å². The zero-order chi connectivity index (χ0) is 11.4. The van der Waals surface area contributed by atoms with E-state index in [-0.39, 0.29) is 19.5 Å². The molecule has 0 heterocycles. The van der Waals surface area contributed by atoms with Gasteiger partial charge in [-0.15, -0.1) is 0 Å². The Labute approximate surface area is 107 Å². The third-order valence-corrected chi connectivity index (χ3v) is 2.13. The van der Waals surface area contributed by atoms with Crippen LogP contribution in [0.3, 0.4) is 0 Å². The van der Waals surface area contributed by atoms with Crippen LogP contribution in [0.2, 0.25) is 0 Å². The molecule has 4 heteroatoms. The van der Waals surface area contributed by atoms with Gasteiger partial charge < -0.3 is 0 Å². The van der Waals surface area contributed by atoms with Gasteiger partial charge in [0.25, 0.3) is 0 Å². The van der Waals surface area contributed by atoms with Gasteiger partial charge in [0.15, 0.2) is 5.78 Å². The fraction of sp³-hybridized carbons (Fsp3) is 0.250. The molecule has 0 aliphatic carbocycles. The van der Waals surface area contributed by atoms with Gasteiger partial charge in [-0.1, -0.05) is 30.3 Å². The first-order valence-corrected chi connectivity index (χ1v) is 4.64. The van der Waals surface area contributed by atoms with Crippen molar-refractivity contribution < 1.29 is 33.9 Å². The molecule has 16 heavy (non-hydrogen) atoms.